The van der Waals surface area contributed by atoms with Gasteiger partial charge in [-0.1, -0.05) is 0 Å². The normalized spacial score (nSPS) is 21.1. The Balaban J connectivity index is 0.00000280. The number of ether oxygens (including phenoxy) is 2. The fraction of sp³-hybridized carbons (Fsp3) is 0.611. The van der Waals surface area contributed by atoms with Gasteiger partial charge in [-0.15, -0.1) is 23.7 Å². The van der Waals surface area contributed by atoms with Crippen molar-refractivity contribution in [3.05, 3.63) is 17.0 Å². The molecule has 2 fully saturated rings. The van der Waals surface area contributed by atoms with Crippen molar-refractivity contribution in [2.45, 2.75) is 25.3 Å². The van der Waals surface area contributed by atoms with Crippen molar-refractivity contribution in [2.75, 3.05) is 45.4 Å². The topological polar surface area (TPSA) is 97.0 Å². The lowest BCUT2D eigenvalue weighted by Gasteiger charge is -2.36. The second-order valence-electron chi connectivity index (χ2n) is 6.90. The molecular formula is C18H26ClN3O5S. The van der Waals surface area contributed by atoms with E-state index in [0.717, 1.165) is 13.1 Å². The molecule has 2 N–H and O–H groups in total. The highest BCUT2D eigenvalue weighted by atomic mass is 35.5. The number of nitrogens with one attached hydrogen (secondary N) is 2. The third kappa shape index (κ3) is 4.32. The van der Waals surface area contributed by atoms with Crippen LogP contribution in [0.2, 0.25) is 0 Å². The molecule has 1 aromatic rings. The largest absolute Gasteiger partial charge is 0.465 e. The maximum absolute atomic E-state index is 13.0. The first-order valence-corrected chi connectivity index (χ1v) is 9.88. The number of carbonyl (C=O) groups excluding carboxylic acids is 3. The second-order valence-corrected chi connectivity index (χ2v) is 7.79. The highest BCUT2D eigenvalue weighted by Gasteiger charge is 2.43. The van der Waals surface area contributed by atoms with Crippen molar-refractivity contribution in [1.82, 2.24) is 10.6 Å². The quantitative estimate of drug-likeness (QED) is 0.657. The van der Waals surface area contributed by atoms with Crippen molar-refractivity contribution >= 4 is 46.5 Å². The second kappa shape index (κ2) is 9.69. The van der Waals surface area contributed by atoms with Crippen molar-refractivity contribution in [3.63, 3.8) is 0 Å². The molecule has 8 nitrogen and oxygen atoms in total. The summed E-state index contributed by atoms with van der Waals surface area (Å²) in [5, 5.41) is 8.50. The van der Waals surface area contributed by atoms with Crippen LogP contribution in [0.3, 0.4) is 0 Å². The number of hydrogen-bond acceptors (Lipinski definition) is 7. The van der Waals surface area contributed by atoms with E-state index in [-0.39, 0.29) is 24.2 Å². The van der Waals surface area contributed by atoms with Crippen LogP contribution in [0.15, 0.2) is 11.4 Å². The monoisotopic (exact) mass is 431 g/mol. The molecule has 0 spiro atoms. The maximum Gasteiger partial charge on any atom is 0.340 e. The summed E-state index contributed by atoms with van der Waals surface area (Å²) >= 11 is 1.31. The molecule has 1 unspecified atom stereocenters. The average molecular weight is 432 g/mol. The van der Waals surface area contributed by atoms with Crippen LogP contribution in [-0.4, -0.2) is 64.3 Å². The lowest BCUT2D eigenvalue weighted by molar-refractivity contribution is -0.138. The number of methoxy groups -OCH3 is 2. The lowest BCUT2D eigenvalue weighted by Crippen LogP contribution is -2.53. The van der Waals surface area contributed by atoms with E-state index in [1.54, 1.807) is 23.5 Å². The summed E-state index contributed by atoms with van der Waals surface area (Å²) in [5.74, 6) is -0.803. The Kier molecular flexibility index (Phi) is 7.82. The molecule has 3 rings (SSSR count). The Bertz CT molecular complexity index is 714. The van der Waals surface area contributed by atoms with E-state index >= 15 is 0 Å². The standard InChI is InChI=1S/C18H25N3O5S.ClH/c1-25-11-18(5-7-19-8-6-18)17(24)20-13-3-9-21(14(13)22)15-12(4-10-27-15)16(23)26-2;/h4,10,13,19H,3,5-9,11H2,1-2H3,(H,20,24);1H. The van der Waals surface area contributed by atoms with E-state index in [1.807, 2.05) is 0 Å². The van der Waals surface area contributed by atoms with Crippen molar-refractivity contribution in [2.24, 2.45) is 5.41 Å². The summed E-state index contributed by atoms with van der Waals surface area (Å²) in [6.07, 6.45) is 1.85. The van der Waals surface area contributed by atoms with Gasteiger partial charge in [0, 0.05) is 13.7 Å². The van der Waals surface area contributed by atoms with Crippen molar-refractivity contribution < 1.29 is 23.9 Å². The number of thiophene rings is 1. The van der Waals surface area contributed by atoms with E-state index < -0.39 is 17.4 Å². The molecule has 0 aromatic carbocycles. The van der Waals surface area contributed by atoms with E-state index in [0.29, 0.717) is 43.0 Å². The first-order valence-electron chi connectivity index (χ1n) is 9.00. The SMILES string of the molecule is COCC1(C(=O)NC2CCN(c3sccc3C(=O)OC)C2=O)CCNCC1.Cl. The molecule has 1 atom stereocenters. The fourth-order valence-corrected chi connectivity index (χ4v) is 4.64. The summed E-state index contributed by atoms with van der Waals surface area (Å²) in [6, 6.07) is 1.06. The predicted octanol–water partition coefficient (Wildman–Crippen LogP) is 1.19. The zero-order valence-corrected chi connectivity index (χ0v) is 17.6. The number of esters is 1. The average Bonchev–Trinajstić information content (AvgIpc) is 3.29. The Labute approximate surface area is 174 Å². The van der Waals surface area contributed by atoms with Crippen LogP contribution in [0.4, 0.5) is 5.00 Å². The smallest absolute Gasteiger partial charge is 0.340 e. The molecule has 2 saturated heterocycles. The van der Waals surface area contributed by atoms with Gasteiger partial charge in [-0.2, -0.15) is 0 Å². The highest BCUT2D eigenvalue weighted by Crippen LogP contribution is 2.33. The molecule has 1 aromatic heterocycles. The van der Waals surface area contributed by atoms with Crippen LogP contribution in [0.1, 0.15) is 29.6 Å². The molecule has 3 heterocycles. The number of hydrogen-bond donors (Lipinski definition) is 2. The number of rotatable bonds is 6. The molecule has 0 aliphatic carbocycles. The van der Waals surface area contributed by atoms with Crippen molar-refractivity contribution in [1.29, 1.82) is 0 Å². The highest BCUT2D eigenvalue weighted by molar-refractivity contribution is 7.14. The third-order valence-electron chi connectivity index (χ3n) is 5.27. The minimum atomic E-state index is -0.603. The van der Waals surface area contributed by atoms with E-state index in [1.165, 1.54) is 18.4 Å². The zero-order chi connectivity index (χ0) is 19.4. The Morgan fingerprint density at radius 3 is 2.71 bits per heavy atom. The van der Waals surface area contributed by atoms with E-state index in [9.17, 15) is 14.4 Å². The van der Waals surface area contributed by atoms with Gasteiger partial charge in [0.25, 0.3) is 0 Å². The van der Waals surface area contributed by atoms with Gasteiger partial charge in [0.15, 0.2) is 0 Å². The number of nitrogens with zero attached hydrogens (tertiary/aromatic N) is 1. The zero-order valence-electron chi connectivity index (χ0n) is 16.0. The van der Waals surface area contributed by atoms with Gasteiger partial charge in [-0.25, -0.2) is 4.79 Å². The number of amides is 2. The van der Waals surface area contributed by atoms with E-state index in [2.05, 4.69) is 10.6 Å². The molecule has 0 radical (unpaired) electrons. The van der Waals surface area contributed by atoms with Crippen molar-refractivity contribution in [3.8, 4) is 0 Å². The number of carbonyl (C=O) groups is 3. The van der Waals surface area contributed by atoms with Crippen LogP contribution >= 0.6 is 23.7 Å². The van der Waals surface area contributed by atoms with Crippen LogP contribution < -0.4 is 15.5 Å². The number of piperidine rings is 1. The lowest BCUT2D eigenvalue weighted by atomic mass is 9.78. The van der Waals surface area contributed by atoms with Crippen LogP contribution in [-0.2, 0) is 19.1 Å². The van der Waals surface area contributed by atoms with Crippen LogP contribution in [0.5, 0.6) is 0 Å². The molecule has 0 saturated carbocycles. The molecule has 156 valence electrons. The van der Waals surface area contributed by atoms with Crippen LogP contribution in [0, 0.1) is 5.41 Å². The Morgan fingerprint density at radius 2 is 2.07 bits per heavy atom. The fourth-order valence-electron chi connectivity index (χ4n) is 3.72. The van der Waals surface area contributed by atoms with Gasteiger partial charge < -0.3 is 25.0 Å². The number of halogens is 1. The summed E-state index contributed by atoms with van der Waals surface area (Å²) in [4.78, 5) is 39.3. The summed E-state index contributed by atoms with van der Waals surface area (Å²) in [5.41, 5.74) is -0.231. The maximum atomic E-state index is 13.0. The molecule has 2 aliphatic rings. The Morgan fingerprint density at radius 1 is 1.36 bits per heavy atom. The molecule has 2 aliphatic heterocycles. The summed E-state index contributed by atoms with van der Waals surface area (Å²) < 4.78 is 10.1. The molecular weight excluding hydrogens is 406 g/mol. The first kappa shape index (κ1) is 22.6. The van der Waals surface area contributed by atoms with Gasteiger partial charge in [0.05, 0.1) is 24.7 Å². The summed E-state index contributed by atoms with van der Waals surface area (Å²) in [6.45, 7) is 2.29. The first-order chi connectivity index (χ1) is 13.0. The third-order valence-corrected chi connectivity index (χ3v) is 6.20. The minimum Gasteiger partial charge on any atom is -0.465 e. The van der Waals surface area contributed by atoms with Crippen LogP contribution in [0.25, 0.3) is 0 Å². The molecule has 2 amide bonds. The van der Waals surface area contributed by atoms with Gasteiger partial charge in [-0.05, 0) is 43.8 Å². The number of anilines is 1. The molecule has 28 heavy (non-hydrogen) atoms. The minimum absolute atomic E-state index is 0. The Hall–Kier alpha value is -1.68. The molecule has 10 heteroatoms. The van der Waals surface area contributed by atoms with Gasteiger partial charge >= 0.3 is 5.97 Å². The molecule has 0 bridgehead atoms. The predicted molar refractivity (Wildman–Crippen MR) is 108 cm³/mol. The van der Waals surface area contributed by atoms with E-state index in [4.69, 9.17) is 9.47 Å². The van der Waals surface area contributed by atoms with Gasteiger partial charge in [0.2, 0.25) is 11.8 Å². The van der Waals surface area contributed by atoms with Gasteiger partial charge in [0.1, 0.15) is 11.0 Å². The van der Waals surface area contributed by atoms with Gasteiger partial charge in [-0.3, -0.25) is 9.59 Å². The summed E-state index contributed by atoms with van der Waals surface area (Å²) in [7, 11) is 2.90.